The molecule has 0 spiro atoms. The van der Waals surface area contributed by atoms with Crippen molar-refractivity contribution in [2.24, 2.45) is 5.73 Å². The molecule has 2 rings (SSSR count). The second-order valence-corrected chi connectivity index (χ2v) is 6.08. The summed E-state index contributed by atoms with van der Waals surface area (Å²) in [6.07, 6.45) is 3.50. The normalized spacial score (nSPS) is 21.5. The number of methoxy groups -OCH3 is 1. The number of rotatable bonds is 4. The number of hydrogen-bond acceptors (Lipinski definition) is 3. The van der Waals surface area contributed by atoms with Gasteiger partial charge >= 0.3 is 0 Å². The molecule has 0 saturated carbocycles. The Morgan fingerprint density at radius 2 is 2.35 bits per heavy atom. The Bertz CT molecular complexity index is 374. The molecule has 2 nitrogen and oxygen atoms in total. The smallest absolute Gasteiger partial charge is 0.122 e. The van der Waals surface area contributed by atoms with Crippen molar-refractivity contribution in [2.75, 3.05) is 12.9 Å². The molecule has 0 radical (unpaired) electrons. The third kappa shape index (κ3) is 3.17. The van der Waals surface area contributed by atoms with E-state index in [1.807, 2.05) is 17.8 Å². The van der Waals surface area contributed by atoms with E-state index < -0.39 is 0 Å². The highest BCUT2D eigenvalue weighted by Gasteiger charge is 2.23. The third-order valence-electron chi connectivity index (χ3n) is 3.33. The van der Waals surface area contributed by atoms with Gasteiger partial charge in [-0.05, 0) is 43.6 Å². The zero-order valence-corrected chi connectivity index (χ0v) is 11.4. The first kappa shape index (κ1) is 12.8. The van der Waals surface area contributed by atoms with E-state index in [1.54, 1.807) is 7.11 Å². The summed E-state index contributed by atoms with van der Waals surface area (Å²) in [5.74, 6) is 2.23. The van der Waals surface area contributed by atoms with Crippen LogP contribution in [0.2, 0.25) is 0 Å². The SMILES string of the molecule is COc1ccc(C)cc1CC(N)C1CCCS1. The molecule has 1 aromatic rings. The number of thioether (sulfide) groups is 1. The lowest BCUT2D eigenvalue weighted by Crippen LogP contribution is -2.33. The average molecular weight is 251 g/mol. The van der Waals surface area contributed by atoms with Crippen molar-refractivity contribution in [2.45, 2.75) is 37.5 Å². The molecule has 1 saturated heterocycles. The van der Waals surface area contributed by atoms with Crippen LogP contribution in [-0.2, 0) is 6.42 Å². The molecular weight excluding hydrogens is 230 g/mol. The summed E-state index contributed by atoms with van der Waals surface area (Å²) < 4.78 is 5.40. The van der Waals surface area contributed by atoms with E-state index in [2.05, 4.69) is 19.1 Å². The van der Waals surface area contributed by atoms with Gasteiger partial charge in [0.05, 0.1) is 7.11 Å². The van der Waals surface area contributed by atoms with Gasteiger partial charge in [-0.3, -0.25) is 0 Å². The van der Waals surface area contributed by atoms with Gasteiger partial charge in [0.15, 0.2) is 0 Å². The zero-order chi connectivity index (χ0) is 12.3. The summed E-state index contributed by atoms with van der Waals surface area (Å²) in [6, 6.07) is 6.56. The van der Waals surface area contributed by atoms with Crippen molar-refractivity contribution in [3.05, 3.63) is 29.3 Å². The second-order valence-electron chi connectivity index (χ2n) is 4.73. The van der Waals surface area contributed by atoms with Crippen molar-refractivity contribution in [3.8, 4) is 5.75 Å². The van der Waals surface area contributed by atoms with E-state index in [9.17, 15) is 0 Å². The van der Waals surface area contributed by atoms with Crippen molar-refractivity contribution < 1.29 is 4.74 Å². The molecule has 17 heavy (non-hydrogen) atoms. The van der Waals surface area contributed by atoms with Crippen LogP contribution in [0.15, 0.2) is 18.2 Å². The van der Waals surface area contributed by atoms with Crippen LogP contribution in [0.3, 0.4) is 0 Å². The van der Waals surface area contributed by atoms with Crippen LogP contribution in [-0.4, -0.2) is 24.2 Å². The van der Waals surface area contributed by atoms with E-state index >= 15 is 0 Å². The fourth-order valence-corrected chi connectivity index (χ4v) is 3.71. The van der Waals surface area contributed by atoms with Gasteiger partial charge in [-0.15, -0.1) is 0 Å². The van der Waals surface area contributed by atoms with Crippen LogP contribution >= 0.6 is 11.8 Å². The molecule has 0 aromatic heterocycles. The summed E-state index contributed by atoms with van der Waals surface area (Å²) >= 11 is 2.02. The Morgan fingerprint density at radius 3 is 3.00 bits per heavy atom. The summed E-state index contributed by atoms with van der Waals surface area (Å²) in [7, 11) is 1.73. The third-order valence-corrected chi connectivity index (χ3v) is 4.87. The Labute approximate surface area is 108 Å². The standard InChI is InChI=1S/C14H21NOS/c1-10-5-6-13(16-2)11(8-10)9-12(15)14-4-3-7-17-14/h5-6,8,12,14H,3-4,7,9,15H2,1-2H3. The molecule has 1 aliphatic heterocycles. The van der Waals surface area contributed by atoms with Gasteiger partial charge < -0.3 is 10.5 Å². The van der Waals surface area contributed by atoms with Gasteiger partial charge in [0.25, 0.3) is 0 Å². The van der Waals surface area contributed by atoms with Gasteiger partial charge in [0.1, 0.15) is 5.75 Å². The quantitative estimate of drug-likeness (QED) is 0.893. The van der Waals surface area contributed by atoms with Crippen molar-refractivity contribution >= 4 is 11.8 Å². The summed E-state index contributed by atoms with van der Waals surface area (Å²) in [5.41, 5.74) is 8.82. The lowest BCUT2D eigenvalue weighted by Gasteiger charge is -2.19. The molecular formula is C14H21NOS. The maximum atomic E-state index is 6.31. The molecule has 2 atom stereocenters. The van der Waals surface area contributed by atoms with Gasteiger partial charge in [0.2, 0.25) is 0 Å². The van der Waals surface area contributed by atoms with E-state index in [1.165, 1.54) is 29.7 Å². The molecule has 2 unspecified atom stereocenters. The van der Waals surface area contributed by atoms with Crippen molar-refractivity contribution in [1.29, 1.82) is 0 Å². The summed E-state index contributed by atoms with van der Waals surface area (Å²) in [6.45, 7) is 2.11. The fraction of sp³-hybridized carbons (Fsp3) is 0.571. The van der Waals surface area contributed by atoms with Crippen LogP contribution in [0.5, 0.6) is 5.75 Å². The minimum absolute atomic E-state index is 0.248. The average Bonchev–Trinajstić information content (AvgIpc) is 2.83. The highest BCUT2D eigenvalue weighted by atomic mass is 32.2. The monoisotopic (exact) mass is 251 g/mol. The number of ether oxygens (including phenoxy) is 1. The molecule has 1 aliphatic rings. The van der Waals surface area contributed by atoms with Gasteiger partial charge in [-0.2, -0.15) is 11.8 Å². The van der Waals surface area contributed by atoms with Crippen molar-refractivity contribution in [3.63, 3.8) is 0 Å². The molecule has 0 amide bonds. The Morgan fingerprint density at radius 1 is 1.53 bits per heavy atom. The number of benzene rings is 1. The van der Waals surface area contributed by atoms with Crippen molar-refractivity contribution in [1.82, 2.24) is 0 Å². The largest absolute Gasteiger partial charge is 0.496 e. The summed E-state index contributed by atoms with van der Waals surface area (Å²) in [5, 5.41) is 0.625. The van der Waals surface area contributed by atoms with Crippen LogP contribution < -0.4 is 10.5 Å². The molecule has 94 valence electrons. The first-order valence-corrected chi connectivity index (χ1v) is 7.26. The zero-order valence-electron chi connectivity index (χ0n) is 10.6. The highest BCUT2D eigenvalue weighted by molar-refractivity contribution is 8.00. The number of aryl methyl sites for hydroxylation is 1. The predicted octanol–water partition coefficient (Wildman–Crippen LogP) is 2.77. The Balaban J connectivity index is 2.08. The number of nitrogens with two attached hydrogens (primary N) is 1. The van der Waals surface area contributed by atoms with Gasteiger partial charge in [0, 0.05) is 11.3 Å². The molecule has 2 N–H and O–H groups in total. The van der Waals surface area contributed by atoms with E-state index in [0.717, 1.165) is 12.2 Å². The summed E-state index contributed by atoms with van der Waals surface area (Å²) in [4.78, 5) is 0. The fourth-order valence-electron chi connectivity index (χ4n) is 2.39. The van der Waals surface area contributed by atoms with Gasteiger partial charge in [-0.25, -0.2) is 0 Å². The minimum atomic E-state index is 0.248. The van der Waals surface area contributed by atoms with E-state index in [4.69, 9.17) is 10.5 Å². The van der Waals surface area contributed by atoms with Crippen LogP contribution in [0.1, 0.15) is 24.0 Å². The molecule has 0 aliphatic carbocycles. The Kier molecular flexibility index (Phi) is 4.35. The molecule has 0 bridgehead atoms. The van der Waals surface area contributed by atoms with Crippen LogP contribution in [0.4, 0.5) is 0 Å². The van der Waals surface area contributed by atoms with E-state index in [-0.39, 0.29) is 6.04 Å². The predicted molar refractivity (Wildman–Crippen MR) is 74.9 cm³/mol. The first-order valence-electron chi connectivity index (χ1n) is 6.21. The van der Waals surface area contributed by atoms with Gasteiger partial charge in [-0.1, -0.05) is 17.7 Å². The second kappa shape index (κ2) is 5.78. The van der Waals surface area contributed by atoms with Crippen LogP contribution in [0.25, 0.3) is 0 Å². The lowest BCUT2D eigenvalue weighted by molar-refractivity contribution is 0.407. The minimum Gasteiger partial charge on any atom is -0.496 e. The first-order chi connectivity index (χ1) is 8.20. The molecule has 1 aromatic carbocycles. The molecule has 1 fully saturated rings. The van der Waals surface area contributed by atoms with Crippen LogP contribution in [0, 0.1) is 6.92 Å². The highest BCUT2D eigenvalue weighted by Crippen LogP contribution is 2.30. The number of hydrogen-bond donors (Lipinski definition) is 1. The lowest BCUT2D eigenvalue weighted by atomic mass is 9.99. The van der Waals surface area contributed by atoms with E-state index in [0.29, 0.717) is 5.25 Å². The molecule has 3 heteroatoms. The Hall–Kier alpha value is -0.670. The maximum Gasteiger partial charge on any atom is 0.122 e. The topological polar surface area (TPSA) is 35.2 Å². The molecule has 1 heterocycles. The maximum absolute atomic E-state index is 6.31.